The molecule has 0 aliphatic heterocycles. The fourth-order valence-electron chi connectivity index (χ4n) is 3.59. The van der Waals surface area contributed by atoms with E-state index < -0.39 is 17.2 Å². The fourth-order valence-corrected chi connectivity index (χ4v) is 5.95. The summed E-state index contributed by atoms with van der Waals surface area (Å²) in [6.45, 7) is 5.53. The lowest BCUT2D eigenvalue weighted by molar-refractivity contribution is -0.169. The second-order valence-electron chi connectivity index (χ2n) is 8.72. The van der Waals surface area contributed by atoms with Crippen molar-refractivity contribution >= 4 is 50.7 Å². The number of hydrogen-bond donors (Lipinski definition) is 1. The third-order valence-corrected chi connectivity index (χ3v) is 7.96. The minimum absolute atomic E-state index is 0.0363. The first-order valence-corrected chi connectivity index (χ1v) is 12.7. The molecule has 31 heavy (non-hydrogen) atoms. The molecule has 1 atom stereocenters. The molecule has 1 N–H and O–H groups in total. The standard InChI is InChI=1S/C22H28BrNO5S2/c1-21(2,3)29-20(26)24(4)14-7-9-15(10-8-14)28-19(25)22(27,16-6-5-13-30-16)17-11-12-18(23)31-17/h5-6,11-15,27H,7-10H2,1-4H3/t14-,15-,22-/m1/s1. The van der Waals surface area contributed by atoms with Crippen LogP contribution in [0.5, 0.6) is 0 Å². The van der Waals surface area contributed by atoms with Crippen LogP contribution in [-0.4, -0.2) is 46.9 Å². The van der Waals surface area contributed by atoms with Gasteiger partial charge in [0, 0.05) is 13.1 Å². The largest absolute Gasteiger partial charge is 0.460 e. The summed E-state index contributed by atoms with van der Waals surface area (Å²) in [5, 5.41) is 13.3. The monoisotopic (exact) mass is 529 g/mol. The highest BCUT2D eigenvalue weighted by Crippen LogP contribution is 2.40. The first kappa shape index (κ1) is 24.2. The van der Waals surface area contributed by atoms with Crippen LogP contribution in [0.1, 0.15) is 56.2 Å². The molecule has 1 saturated carbocycles. The van der Waals surface area contributed by atoms with Gasteiger partial charge in [-0.3, -0.25) is 0 Å². The number of carbonyl (C=O) groups is 2. The van der Waals surface area contributed by atoms with Gasteiger partial charge in [0.25, 0.3) is 0 Å². The number of thiophene rings is 2. The van der Waals surface area contributed by atoms with Crippen molar-refractivity contribution in [1.29, 1.82) is 0 Å². The summed E-state index contributed by atoms with van der Waals surface area (Å²) in [5.41, 5.74) is -2.36. The highest BCUT2D eigenvalue weighted by molar-refractivity contribution is 9.11. The Balaban J connectivity index is 1.64. The van der Waals surface area contributed by atoms with E-state index in [-0.39, 0.29) is 18.2 Å². The highest BCUT2D eigenvalue weighted by Gasteiger charge is 2.45. The predicted molar refractivity (Wildman–Crippen MR) is 125 cm³/mol. The number of nitrogens with zero attached hydrogens (tertiary/aromatic N) is 1. The minimum atomic E-state index is -1.82. The molecular formula is C22H28BrNO5S2. The lowest BCUT2D eigenvalue weighted by Crippen LogP contribution is -2.44. The van der Waals surface area contributed by atoms with E-state index in [2.05, 4.69) is 15.9 Å². The van der Waals surface area contributed by atoms with Crippen molar-refractivity contribution in [2.45, 2.75) is 69.8 Å². The Kier molecular flexibility index (Phi) is 7.50. The number of halogens is 1. The van der Waals surface area contributed by atoms with Gasteiger partial charge in [-0.25, -0.2) is 9.59 Å². The van der Waals surface area contributed by atoms with Crippen molar-refractivity contribution in [2.75, 3.05) is 7.05 Å². The van der Waals surface area contributed by atoms with E-state index in [1.807, 2.05) is 32.2 Å². The average Bonchev–Trinajstić information content (AvgIpc) is 3.38. The maximum Gasteiger partial charge on any atom is 0.410 e. The van der Waals surface area contributed by atoms with Crippen molar-refractivity contribution in [3.63, 3.8) is 0 Å². The fraction of sp³-hybridized carbons (Fsp3) is 0.545. The number of rotatable bonds is 5. The Bertz CT molecular complexity index is 899. The van der Waals surface area contributed by atoms with Crippen LogP contribution < -0.4 is 0 Å². The highest BCUT2D eigenvalue weighted by atomic mass is 79.9. The van der Waals surface area contributed by atoms with E-state index in [9.17, 15) is 14.7 Å². The molecule has 3 rings (SSSR count). The van der Waals surface area contributed by atoms with Gasteiger partial charge in [-0.15, -0.1) is 22.7 Å². The second kappa shape index (κ2) is 9.60. The van der Waals surface area contributed by atoms with Crippen molar-refractivity contribution in [3.8, 4) is 0 Å². The van der Waals surface area contributed by atoms with E-state index >= 15 is 0 Å². The van der Waals surface area contributed by atoms with Gasteiger partial charge in [0.05, 0.1) is 13.5 Å². The molecule has 2 aromatic rings. The van der Waals surface area contributed by atoms with Gasteiger partial charge in [0.15, 0.2) is 0 Å². The summed E-state index contributed by atoms with van der Waals surface area (Å²) in [4.78, 5) is 28.2. The number of aliphatic hydroxyl groups is 1. The Morgan fingerprint density at radius 2 is 1.81 bits per heavy atom. The summed E-state index contributed by atoms with van der Waals surface area (Å²) >= 11 is 6.03. The molecule has 1 aliphatic rings. The number of carbonyl (C=O) groups excluding carboxylic acids is 2. The van der Waals surface area contributed by atoms with Gasteiger partial charge in [-0.2, -0.15) is 0 Å². The number of esters is 1. The van der Waals surface area contributed by atoms with Crippen LogP contribution >= 0.6 is 38.6 Å². The molecule has 0 aromatic carbocycles. The van der Waals surface area contributed by atoms with Gasteiger partial charge in [-0.1, -0.05) is 6.07 Å². The molecule has 0 saturated heterocycles. The molecule has 0 radical (unpaired) electrons. The van der Waals surface area contributed by atoms with Gasteiger partial charge >= 0.3 is 12.1 Å². The predicted octanol–water partition coefficient (Wildman–Crippen LogP) is 5.53. The molecule has 0 spiro atoms. The number of hydrogen-bond acceptors (Lipinski definition) is 7. The summed E-state index contributed by atoms with van der Waals surface area (Å²) in [5.74, 6) is -0.659. The van der Waals surface area contributed by atoms with Crippen molar-refractivity contribution in [3.05, 3.63) is 43.2 Å². The first-order chi connectivity index (χ1) is 14.5. The van der Waals surface area contributed by atoms with E-state index in [1.54, 1.807) is 30.1 Å². The molecule has 2 heterocycles. The molecule has 1 aliphatic carbocycles. The Hall–Kier alpha value is -1.42. The maximum atomic E-state index is 13.2. The van der Waals surface area contributed by atoms with Gasteiger partial charge in [0.1, 0.15) is 11.7 Å². The molecule has 0 unspecified atom stereocenters. The quantitative estimate of drug-likeness (QED) is 0.515. The van der Waals surface area contributed by atoms with E-state index in [4.69, 9.17) is 9.47 Å². The molecule has 2 aromatic heterocycles. The van der Waals surface area contributed by atoms with Crippen LogP contribution in [0.3, 0.4) is 0 Å². The molecular weight excluding hydrogens is 502 g/mol. The van der Waals surface area contributed by atoms with Crippen LogP contribution in [-0.2, 0) is 19.9 Å². The Morgan fingerprint density at radius 1 is 1.13 bits per heavy atom. The van der Waals surface area contributed by atoms with Crippen LogP contribution in [0.2, 0.25) is 0 Å². The van der Waals surface area contributed by atoms with Gasteiger partial charge in [-0.05, 0) is 86.0 Å². The maximum absolute atomic E-state index is 13.2. The topological polar surface area (TPSA) is 76.1 Å². The van der Waals surface area contributed by atoms with Gasteiger partial charge in [0.2, 0.25) is 5.60 Å². The zero-order chi connectivity index (χ0) is 22.8. The van der Waals surface area contributed by atoms with Crippen LogP contribution in [0.25, 0.3) is 0 Å². The zero-order valence-corrected chi connectivity index (χ0v) is 21.3. The van der Waals surface area contributed by atoms with E-state index in [0.717, 1.165) is 3.79 Å². The van der Waals surface area contributed by atoms with Crippen LogP contribution in [0.15, 0.2) is 33.4 Å². The van der Waals surface area contributed by atoms with Crippen molar-refractivity contribution in [2.24, 2.45) is 0 Å². The summed E-state index contributed by atoms with van der Waals surface area (Å²) in [6, 6.07) is 7.13. The molecule has 0 bridgehead atoms. The molecule has 1 amide bonds. The number of ether oxygens (including phenoxy) is 2. The zero-order valence-electron chi connectivity index (χ0n) is 18.1. The molecule has 170 valence electrons. The minimum Gasteiger partial charge on any atom is -0.460 e. The summed E-state index contributed by atoms with van der Waals surface area (Å²) in [7, 11) is 1.75. The summed E-state index contributed by atoms with van der Waals surface area (Å²) < 4.78 is 12.1. The normalized spacial score (nSPS) is 21.2. The van der Waals surface area contributed by atoms with Crippen LogP contribution in [0, 0.1) is 0 Å². The van der Waals surface area contributed by atoms with Crippen molar-refractivity contribution < 1.29 is 24.2 Å². The SMILES string of the molecule is CN(C(=O)OC(C)(C)C)[C@H]1CC[C@H](OC(=O)[C@@](O)(c2cccs2)c2ccc(Br)s2)CC1. The van der Waals surface area contributed by atoms with Crippen molar-refractivity contribution in [1.82, 2.24) is 4.90 Å². The third kappa shape index (κ3) is 5.69. The molecule has 6 nitrogen and oxygen atoms in total. The second-order valence-corrected chi connectivity index (χ2v) is 12.1. The van der Waals surface area contributed by atoms with Gasteiger partial charge < -0.3 is 19.5 Å². The summed E-state index contributed by atoms with van der Waals surface area (Å²) in [6.07, 6.45) is 2.01. The first-order valence-electron chi connectivity index (χ1n) is 10.2. The van der Waals surface area contributed by atoms with E-state index in [0.29, 0.717) is 35.4 Å². The lowest BCUT2D eigenvalue weighted by atomic mass is 9.91. The number of amides is 1. The van der Waals surface area contributed by atoms with E-state index in [1.165, 1.54) is 22.7 Å². The lowest BCUT2D eigenvalue weighted by Gasteiger charge is -2.36. The molecule has 1 fully saturated rings. The molecule has 9 heteroatoms. The third-order valence-electron chi connectivity index (χ3n) is 5.25. The smallest absolute Gasteiger partial charge is 0.410 e. The average molecular weight is 531 g/mol. The van der Waals surface area contributed by atoms with Crippen LogP contribution in [0.4, 0.5) is 4.79 Å². The Morgan fingerprint density at radius 3 is 2.32 bits per heavy atom. The Labute approximate surface area is 199 Å².